The predicted octanol–water partition coefficient (Wildman–Crippen LogP) is 3.97. The van der Waals surface area contributed by atoms with Gasteiger partial charge in [-0.05, 0) is 24.1 Å². The van der Waals surface area contributed by atoms with Crippen molar-refractivity contribution in [1.82, 2.24) is 0 Å². The first-order valence-corrected chi connectivity index (χ1v) is 7.99. The fourth-order valence-corrected chi connectivity index (χ4v) is 2.43. The molecule has 6 heteroatoms. The third-order valence-electron chi connectivity index (χ3n) is 3.56. The molecule has 0 saturated heterocycles. The first-order chi connectivity index (χ1) is 11.6. The van der Waals surface area contributed by atoms with Crippen molar-refractivity contribution in [2.75, 3.05) is 31.4 Å². The molecule has 0 atom stereocenters. The summed E-state index contributed by atoms with van der Waals surface area (Å²) in [4.78, 5) is 12.1. The summed E-state index contributed by atoms with van der Waals surface area (Å²) in [5.74, 6) is 0.895. The molecule has 0 fully saturated rings. The van der Waals surface area contributed by atoms with E-state index in [4.69, 9.17) is 21.1 Å². The Labute approximate surface area is 146 Å². The lowest BCUT2D eigenvalue weighted by Gasteiger charge is -2.14. The van der Waals surface area contributed by atoms with Crippen LogP contribution in [-0.2, 0) is 11.2 Å². The number of anilines is 2. The summed E-state index contributed by atoms with van der Waals surface area (Å²) in [6.45, 7) is 2.18. The van der Waals surface area contributed by atoms with E-state index in [0.717, 1.165) is 12.1 Å². The summed E-state index contributed by atoms with van der Waals surface area (Å²) in [5, 5.41) is 6.32. The predicted molar refractivity (Wildman–Crippen MR) is 97.5 cm³/mol. The number of halogens is 1. The van der Waals surface area contributed by atoms with Crippen molar-refractivity contribution in [2.45, 2.75) is 13.3 Å². The Hall–Kier alpha value is -2.40. The van der Waals surface area contributed by atoms with Crippen LogP contribution in [0.25, 0.3) is 0 Å². The zero-order chi connectivity index (χ0) is 17.5. The Morgan fingerprint density at radius 3 is 2.33 bits per heavy atom. The van der Waals surface area contributed by atoms with Crippen molar-refractivity contribution in [2.24, 2.45) is 0 Å². The first-order valence-electron chi connectivity index (χ1n) is 7.61. The van der Waals surface area contributed by atoms with E-state index in [1.807, 2.05) is 24.3 Å². The summed E-state index contributed by atoms with van der Waals surface area (Å²) in [5.41, 5.74) is 2.62. The van der Waals surface area contributed by atoms with E-state index < -0.39 is 0 Å². The summed E-state index contributed by atoms with van der Waals surface area (Å²) in [6, 6.07) is 11.1. The van der Waals surface area contributed by atoms with Crippen LogP contribution in [0, 0.1) is 0 Å². The number of amides is 1. The molecule has 2 aromatic carbocycles. The van der Waals surface area contributed by atoms with Crippen LogP contribution in [0.1, 0.15) is 12.5 Å². The van der Waals surface area contributed by atoms with Gasteiger partial charge in [0.15, 0.2) is 0 Å². The lowest BCUT2D eigenvalue weighted by Crippen LogP contribution is -2.22. The Morgan fingerprint density at radius 1 is 1.08 bits per heavy atom. The quantitative estimate of drug-likeness (QED) is 0.794. The topological polar surface area (TPSA) is 59.6 Å². The van der Waals surface area contributed by atoms with Gasteiger partial charge in [-0.2, -0.15) is 0 Å². The van der Waals surface area contributed by atoms with Gasteiger partial charge >= 0.3 is 0 Å². The lowest BCUT2D eigenvalue weighted by atomic mass is 10.1. The van der Waals surface area contributed by atoms with E-state index in [2.05, 4.69) is 17.6 Å². The molecule has 2 aromatic rings. The number of ether oxygens (including phenoxy) is 2. The van der Waals surface area contributed by atoms with Gasteiger partial charge in [-0.25, -0.2) is 0 Å². The number of hydrogen-bond donors (Lipinski definition) is 2. The third kappa shape index (κ3) is 4.55. The largest absolute Gasteiger partial charge is 0.495 e. The maximum absolute atomic E-state index is 12.1. The van der Waals surface area contributed by atoms with Gasteiger partial charge in [0, 0.05) is 17.8 Å². The molecule has 0 saturated carbocycles. The molecule has 0 unspecified atom stereocenters. The number of rotatable bonds is 7. The third-order valence-corrected chi connectivity index (χ3v) is 3.85. The highest BCUT2D eigenvalue weighted by Gasteiger charge is 2.11. The first kappa shape index (κ1) is 17.9. The highest BCUT2D eigenvalue weighted by molar-refractivity contribution is 6.32. The zero-order valence-corrected chi connectivity index (χ0v) is 14.7. The normalized spacial score (nSPS) is 10.2. The second kappa shape index (κ2) is 8.45. The smallest absolute Gasteiger partial charge is 0.243 e. The molecule has 5 nitrogen and oxygen atoms in total. The summed E-state index contributed by atoms with van der Waals surface area (Å²) in [7, 11) is 3.07. The summed E-state index contributed by atoms with van der Waals surface area (Å²) >= 11 is 6.06. The van der Waals surface area contributed by atoms with E-state index >= 15 is 0 Å². The minimum atomic E-state index is -0.157. The lowest BCUT2D eigenvalue weighted by molar-refractivity contribution is -0.114. The maximum atomic E-state index is 12.1. The molecule has 0 radical (unpaired) electrons. The molecule has 0 aliphatic rings. The van der Waals surface area contributed by atoms with Crippen LogP contribution in [-0.4, -0.2) is 26.7 Å². The molecule has 0 aliphatic carbocycles. The van der Waals surface area contributed by atoms with Crippen LogP contribution in [0.5, 0.6) is 11.5 Å². The highest BCUT2D eigenvalue weighted by atomic mass is 35.5. The van der Waals surface area contributed by atoms with Crippen LogP contribution in [0.2, 0.25) is 5.02 Å². The van der Waals surface area contributed by atoms with Gasteiger partial charge in [-0.15, -0.1) is 0 Å². The highest BCUT2D eigenvalue weighted by Crippen LogP contribution is 2.35. The molecule has 0 heterocycles. The average molecular weight is 349 g/mol. The molecular formula is C18H21ClN2O3. The SMILES string of the molecule is CCc1ccc(NC(=O)CNc2cc(OC)c(Cl)cc2OC)cc1. The number of hydrogen-bond acceptors (Lipinski definition) is 4. The number of aryl methyl sites for hydroxylation is 1. The number of benzene rings is 2. The van der Waals surface area contributed by atoms with Gasteiger partial charge < -0.3 is 20.1 Å². The molecule has 128 valence electrons. The van der Waals surface area contributed by atoms with Crippen molar-refractivity contribution in [3.63, 3.8) is 0 Å². The van der Waals surface area contributed by atoms with Crippen LogP contribution in [0.3, 0.4) is 0 Å². The number of methoxy groups -OCH3 is 2. The van der Waals surface area contributed by atoms with E-state index in [9.17, 15) is 4.79 Å². The molecule has 0 spiro atoms. The minimum absolute atomic E-state index is 0.0939. The molecule has 24 heavy (non-hydrogen) atoms. The second-order valence-electron chi connectivity index (χ2n) is 5.14. The Bertz CT molecular complexity index is 702. The second-order valence-corrected chi connectivity index (χ2v) is 5.55. The Morgan fingerprint density at radius 2 is 1.75 bits per heavy atom. The van der Waals surface area contributed by atoms with E-state index in [1.165, 1.54) is 12.7 Å². The maximum Gasteiger partial charge on any atom is 0.243 e. The van der Waals surface area contributed by atoms with Gasteiger partial charge in [-0.3, -0.25) is 4.79 Å². The average Bonchev–Trinajstić information content (AvgIpc) is 2.60. The molecule has 2 rings (SSSR count). The van der Waals surface area contributed by atoms with Crippen molar-refractivity contribution in [3.05, 3.63) is 47.0 Å². The van der Waals surface area contributed by atoms with Gasteiger partial charge in [0.2, 0.25) is 5.91 Å². The van der Waals surface area contributed by atoms with Crippen molar-refractivity contribution < 1.29 is 14.3 Å². The van der Waals surface area contributed by atoms with Crippen LogP contribution >= 0.6 is 11.6 Å². The van der Waals surface area contributed by atoms with Gasteiger partial charge in [0.05, 0.1) is 31.5 Å². The van der Waals surface area contributed by atoms with Crippen molar-refractivity contribution in [3.8, 4) is 11.5 Å². The Balaban J connectivity index is 2.00. The van der Waals surface area contributed by atoms with E-state index in [-0.39, 0.29) is 12.5 Å². The Kier molecular flexibility index (Phi) is 6.32. The molecule has 1 amide bonds. The minimum Gasteiger partial charge on any atom is -0.495 e. The van der Waals surface area contributed by atoms with Crippen molar-refractivity contribution >= 4 is 28.9 Å². The standard InChI is InChI=1S/C18H21ClN2O3/c1-4-12-5-7-13(8-6-12)21-18(22)11-20-15-10-16(23-2)14(19)9-17(15)24-3/h5-10,20H,4,11H2,1-3H3,(H,21,22). The monoisotopic (exact) mass is 348 g/mol. The van der Waals surface area contributed by atoms with Crippen molar-refractivity contribution in [1.29, 1.82) is 0 Å². The fourth-order valence-electron chi connectivity index (χ4n) is 2.20. The molecule has 0 aromatic heterocycles. The van der Waals surface area contributed by atoms with Crippen LogP contribution < -0.4 is 20.1 Å². The van der Waals surface area contributed by atoms with Crippen LogP contribution in [0.4, 0.5) is 11.4 Å². The van der Waals surface area contributed by atoms with Gasteiger partial charge in [0.1, 0.15) is 11.5 Å². The summed E-state index contributed by atoms with van der Waals surface area (Å²) < 4.78 is 10.4. The molecule has 0 aliphatic heterocycles. The molecule has 0 bridgehead atoms. The summed E-state index contributed by atoms with van der Waals surface area (Å²) in [6.07, 6.45) is 0.966. The molecule has 2 N–H and O–H groups in total. The number of carbonyl (C=O) groups excluding carboxylic acids is 1. The van der Waals surface area contributed by atoms with E-state index in [0.29, 0.717) is 22.2 Å². The van der Waals surface area contributed by atoms with Gasteiger partial charge in [-0.1, -0.05) is 30.7 Å². The van der Waals surface area contributed by atoms with Crippen LogP contribution in [0.15, 0.2) is 36.4 Å². The number of carbonyl (C=O) groups is 1. The number of nitrogens with one attached hydrogen (secondary N) is 2. The fraction of sp³-hybridized carbons (Fsp3) is 0.278. The van der Waals surface area contributed by atoms with E-state index in [1.54, 1.807) is 19.2 Å². The van der Waals surface area contributed by atoms with Gasteiger partial charge in [0.25, 0.3) is 0 Å². The molecular weight excluding hydrogens is 328 g/mol. The zero-order valence-electron chi connectivity index (χ0n) is 14.0.